The topological polar surface area (TPSA) is 44.5 Å². The average Bonchev–Trinajstić information content (AvgIpc) is 2.53. The van der Waals surface area contributed by atoms with Crippen LogP contribution in [0.4, 0.5) is 0 Å². The Morgan fingerprint density at radius 1 is 1.00 bits per heavy atom. The second kappa shape index (κ2) is 7.14. The lowest BCUT2D eigenvalue weighted by atomic mass is 9.89. The van der Waals surface area contributed by atoms with Gasteiger partial charge in [0.1, 0.15) is 0 Å². The molecular formula is C18H23NO2. The molecule has 1 unspecified atom stereocenters. The van der Waals surface area contributed by atoms with E-state index in [2.05, 4.69) is 37.3 Å². The first-order chi connectivity index (χ1) is 10.2. The lowest BCUT2D eigenvalue weighted by Crippen LogP contribution is -2.16. The molecule has 0 aliphatic heterocycles. The van der Waals surface area contributed by atoms with Crippen LogP contribution < -0.4 is 15.2 Å². The van der Waals surface area contributed by atoms with Crippen molar-refractivity contribution in [1.82, 2.24) is 0 Å². The third kappa shape index (κ3) is 3.56. The zero-order valence-electron chi connectivity index (χ0n) is 12.9. The van der Waals surface area contributed by atoms with Gasteiger partial charge in [-0.05, 0) is 48.7 Å². The smallest absolute Gasteiger partial charge is 0.160 e. The molecule has 0 spiro atoms. The molecule has 0 amide bonds. The second-order valence-electron chi connectivity index (χ2n) is 5.18. The maximum Gasteiger partial charge on any atom is 0.160 e. The van der Waals surface area contributed by atoms with E-state index in [0.29, 0.717) is 12.5 Å². The summed E-state index contributed by atoms with van der Waals surface area (Å²) in [5, 5.41) is 0. The Morgan fingerprint density at radius 3 is 2.33 bits per heavy atom. The summed E-state index contributed by atoms with van der Waals surface area (Å²) in [6.45, 7) is 2.76. The van der Waals surface area contributed by atoms with E-state index < -0.39 is 0 Å². The van der Waals surface area contributed by atoms with Gasteiger partial charge in [0.25, 0.3) is 0 Å². The molecule has 3 heteroatoms. The number of rotatable bonds is 6. The van der Waals surface area contributed by atoms with E-state index in [4.69, 9.17) is 15.2 Å². The fraction of sp³-hybridized carbons (Fsp3) is 0.333. The van der Waals surface area contributed by atoms with E-state index in [9.17, 15) is 0 Å². The first-order valence-electron chi connectivity index (χ1n) is 7.16. The number of nitrogens with two attached hydrogens (primary N) is 1. The molecule has 3 nitrogen and oxygen atoms in total. The molecule has 0 radical (unpaired) electrons. The van der Waals surface area contributed by atoms with E-state index in [0.717, 1.165) is 17.9 Å². The fourth-order valence-electron chi connectivity index (χ4n) is 2.66. The molecule has 2 aromatic rings. The Morgan fingerprint density at radius 2 is 1.71 bits per heavy atom. The van der Waals surface area contributed by atoms with Crippen LogP contribution in [0.3, 0.4) is 0 Å². The van der Waals surface area contributed by atoms with Gasteiger partial charge in [0.2, 0.25) is 0 Å². The summed E-state index contributed by atoms with van der Waals surface area (Å²) >= 11 is 0. The number of aryl methyl sites for hydroxylation is 1. The Kier molecular flexibility index (Phi) is 5.23. The molecule has 0 aromatic heterocycles. The van der Waals surface area contributed by atoms with Crippen molar-refractivity contribution in [3.8, 4) is 11.5 Å². The van der Waals surface area contributed by atoms with Crippen LogP contribution in [0.25, 0.3) is 0 Å². The molecule has 2 N–H and O–H groups in total. The quantitative estimate of drug-likeness (QED) is 0.885. The lowest BCUT2D eigenvalue weighted by molar-refractivity contribution is 0.354. The maximum absolute atomic E-state index is 5.99. The van der Waals surface area contributed by atoms with Crippen molar-refractivity contribution in [2.45, 2.75) is 19.3 Å². The van der Waals surface area contributed by atoms with Gasteiger partial charge < -0.3 is 15.2 Å². The monoisotopic (exact) mass is 285 g/mol. The Hall–Kier alpha value is -2.00. The molecule has 112 valence electrons. The molecule has 0 aliphatic carbocycles. The van der Waals surface area contributed by atoms with Crippen LogP contribution >= 0.6 is 0 Å². The summed E-state index contributed by atoms with van der Waals surface area (Å²) in [7, 11) is 3.30. The normalized spacial score (nSPS) is 12.0. The third-order valence-electron chi connectivity index (χ3n) is 3.84. The first-order valence-corrected chi connectivity index (χ1v) is 7.16. The fourth-order valence-corrected chi connectivity index (χ4v) is 2.66. The van der Waals surface area contributed by atoms with Gasteiger partial charge in [-0.1, -0.05) is 30.3 Å². The van der Waals surface area contributed by atoms with Crippen molar-refractivity contribution in [3.63, 3.8) is 0 Å². The van der Waals surface area contributed by atoms with E-state index in [1.54, 1.807) is 14.2 Å². The average molecular weight is 285 g/mol. The highest BCUT2D eigenvalue weighted by Crippen LogP contribution is 2.30. The third-order valence-corrected chi connectivity index (χ3v) is 3.84. The number of hydrogen-bond donors (Lipinski definition) is 1. The molecule has 0 bridgehead atoms. The zero-order chi connectivity index (χ0) is 15.2. The van der Waals surface area contributed by atoms with Gasteiger partial charge in [-0.25, -0.2) is 0 Å². The minimum Gasteiger partial charge on any atom is -0.493 e. The van der Waals surface area contributed by atoms with Gasteiger partial charge in [0.15, 0.2) is 11.5 Å². The van der Waals surface area contributed by atoms with Gasteiger partial charge in [0, 0.05) is 5.92 Å². The maximum atomic E-state index is 5.99. The van der Waals surface area contributed by atoms with Crippen molar-refractivity contribution in [1.29, 1.82) is 0 Å². The van der Waals surface area contributed by atoms with Crippen LogP contribution in [-0.2, 0) is 6.42 Å². The summed E-state index contributed by atoms with van der Waals surface area (Å²) in [6.07, 6.45) is 0.891. The highest BCUT2D eigenvalue weighted by molar-refractivity contribution is 5.43. The van der Waals surface area contributed by atoms with Gasteiger partial charge in [0.05, 0.1) is 14.2 Å². The zero-order valence-corrected chi connectivity index (χ0v) is 12.9. The molecule has 0 aliphatic rings. The number of methoxy groups -OCH3 is 2. The highest BCUT2D eigenvalue weighted by atomic mass is 16.5. The molecule has 2 aromatic carbocycles. The summed E-state index contributed by atoms with van der Waals surface area (Å²) in [4.78, 5) is 0. The summed E-state index contributed by atoms with van der Waals surface area (Å²) < 4.78 is 10.6. The Bertz CT molecular complexity index is 596. The summed E-state index contributed by atoms with van der Waals surface area (Å²) in [6, 6.07) is 14.5. The molecular weight excluding hydrogens is 262 g/mol. The Balaban J connectivity index is 2.25. The SMILES string of the molecule is COc1ccc(CC(CN)c2ccccc2C)cc1OC. The van der Waals surface area contributed by atoms with E-state index >= 15 is 0 Å². The van der Waals surface area contributed by atoms with E-state index in [-0.39, 0.29) is 0 Å². The highest BCUT2D eigenvalue weighted by Gasteiger charge is 2.14. The van der Waals surface area contributed by atoms with Crippen molar-refractivity contribution in [2.75, 3.05) is 20.8 Å². The molecule has 2 rings (SSSR count). The van der Waals surface area contributed by atoms with Crippen molar-refractivity contribution in [3.05, 3.63) is 59.2 Å². The van der Waals surface area contributed by atoms with Gasteiger partial charge in [-0.15, -0.1) is 0 Å². The van der Waals surface area contributed by atoms with E-state index in [1.807, 2.05) is 12.1 Å². The van der Waals surface area contributed by atoms with Crippen molar-refractivity contribution < 1.29 is 9.47 Å². The van der Waals surface area contributed by atoms with Crippen LogP contribution in [-0.4, -0.2) is 20.8 Å². The van der Waals surface area contributed by atoms with Crippen LogP contribution in [0, 0.1) is 6.92 Å². The predicted molar refractivity (Wildman–Crippen MR) is 86.2 cm³/mol. The van der Waals surface area contributed by atoms with Gasteiger partial charge in [-0.2, -0.15) is 0 Å². The van der Waals surface area contributed by atoms with Crippen molar-refractivity contribution >= 4 is 0 Å². The van der Waals surface area contributed by atoms with Crippen LogP contribution in [0.2, 0.25) is 0 Å². The standard InChI is InChI=1S/C18H23NO2/c1-13-6-4-5-7-16(13)15(12-19)10-14-8-9-17(20-2)18(11-14)21-3/h4-9,11,15H,10,12,19H2,1-3H3. The minimum absolute atomic E-state index is 0.310. The van der Waals surface area contributed by atoms with E-state index in [1.165, 1.54) is 16.7 Å². The largest absolute Gasteiger partial charge is 0.493 e. The molecule has 0 fully saturated rings. The van der Waals surface area contributed by atoms with Crippen LogP contribution in [0.1, 0.15) is 22.6 Å². The molecule has 0 heterocycles. The number of benzene rings is 2. The number of hydrogen-bond acceptors (Lipinski definition) is 3. The van der Waals surface area contributed by atoms with Gasteiger partial charge >= 0.3 is 0 Å². The molecule has 21 heavy (non-hydrogen) atoms. The first kappa shape index (κ1) is 15.4. The lowest BCUT2D eigenvalue weighted by Gasteiger charge is -2.18. The summed E-state index contributed by atoms with van der Waals surface area (Å²) in [5.41, 5.74) is 9.79. The predicted octanol–water partition coefficient (Wildman–Crippen LogP) is 3.30. The number of ether oxygens (including phenoxy) is 2. The summed E-state index contributed by atoms with van der Waals surface area (Å²) in [5.74, 6) is 1.82. The minimum atomic E-state index is 0.310. The second-order valence-corrected chi connectivity index (χ2v) is 5.18. The Labute approximate surface area is 126 Å². The molecule has 0 saturated heterocycles. The van der Waals surface area contributed by atoms with Crippen LogP contribution in [0.15, 0.2) is 42.5 Å². The molecule has 1 atom stereocenters. The molecule has 0 saturated carbocycles. The van der Waals surface area contributed by atoms with Crippen molar-refractivity contribution in [2.24, 2.45) is 5.73 Å². The van der Waals surface area contributed by atoms with Crippen LogP contribution in [0.5, 0.6) is 11.5 Å². The van der Waals surface area contributed by atoms with Gasteiger partial charge in [-0.3, -0.25) is 0 Å².